The molecule has 1 fully saturated rings. The van der Waals surface area contributed by atoms with Crippen LogP contribution in [0.3, 0.4) is 0 Å². The molecule has 2 bridgehead atoms. The highest BCUT2D eigenvalue weighted by atomic mass is 16.4. The lowest BCUT2D eigenvalue weighted by Crippen LogP contribution is -2.28. The molecule has 4 rings (SSSR count). The Bertz CT molecular complexity index is 567. The summed E-state index contributed by atoms with van der Waals surface area (Å²) in [5.41, 5.74) is 3.58. The van der Waals surface area contributed by atoms with Gasteiger partial charge in [0.25, 0.3) is 0 Å². The molecule has 0 unspecified atom stereocenters. The minimum atomic E-state index is -0.925. The minimum Gasteiger partial charge on any atom is -0.478 e. The van der Waals surface area contributed by atoms with Crippen molar-refractivity contribution in [3.8, 4) is 0 Å². The zero-order valence-electron chi connectivity index (χ0n) is 11.7. The van der Waals surface area contributed by atoms with Crippen LogP contribution in [0.4, 0.5) is 0 Å². The van der Waals surface area contributed by atoms with E-state index in [2.05, 4.69) is 0 Å². The van der Waals surface area contributed by atoms with Crippen LogP contribution in [0, 0.1) is 13.8 Å². The second-order valence-electron chi connectivity index (χ2n) is 5.99. The molecule has 0 aliphatic heterocycles. The largest absolute Gasteiger partial charge is 0.478 e. The Labute approximate surface area is 117 Å². The fourth-order valence-corrected chi connectivity index (χ4v) is 4.12. The molecule has 0 spiro atoms. The third-order valence-corrected chi connectivity index (χ3v) is 5.11. The first-order chi connectivity index (χ1) is 9.43. The number of carboxylic acid groups (broad SMARTS) is 2. The maximum absolute atomic E-state index is 11.7. The molecule has 1 aromatic rings. The monoisotopic (exact) mass is 274 g/mol. The van der Waals surface area contributed by atoms with E-state index in [1.807, 2.05) is 0 Å². The zero-order chi connectivity index (χ0) is 14.6. The fourth-order valence-electron chi connectivity index (χ4n) is 4.12. The number of fused-ring (bicyclic) bond motifs is 2. The Balaban J connectivity index is 2.43. The van der Waals surface area contributed by atoms with Gasteiger partial charge in [0, 0.05) is 0 Å². The van der Waals surface area contributed by atoms with Gasteiger partial charge in [0.15, 0.2) is 0 Å². The van der Waals surface area contributed by atoms with Crippen molar-refractivity contribution in [1.82, 2.24) is 0 Å². The molecule has 1 saturated carbocycles. The predicted molar refractivity (Wildman–Crippen MR) is 73.8 cm³/mol. The van der Waals surface area contributed by atoms with E-state index in [4.69, 9.17) is 0 Å². The molecule has 4 nitrogen and oxygen atoms in total. The van der Waals surface area contributed by atoms with Crippen LogP contribution in [0.25, 0.3) is 0 Å². The van der Waals surface area contributed by atoms with E-state index < -0.39 is 11.9 Å². The van der Waals surface area contributed by atoms with Crippen LogP contribution in [-0.4, -0.2) is 22.2 Å². The quantitative estimate of drug-likeness (QED) is 0.866. The minimum absolute atomic E-state index is 0.221. The summed E-state index contributed by atoms with van der Waals surface area (Å²) < 4.78 is 0. The predicted octanol–water partition coefficient (Wildman–Crippen LogP) is 3.45. The van der Waals surface area contributed by atoms with E-state index in [1.54, 1.807) is 13.8 Å². The molecule has 20 heavy (non-hydrogen) atoms. The Kier molecular flexibility index (Phi) is 2.85. The standard InChI is InChI=1S/C16H18O4/c1-7-8(2)12(16(19)20)14-10-5-3-9(4-6-10)13(14)11(7)15(17)18/h9-10H,3-6H2,1-2H3,(H,17,18)(H,19,20). The molecule has 0 aromatic heterocycles. The lowest BCUT2D eigenvalue weighted by atomic mass is 9.63. The van der Waals surface area contributed by atoms with E-state index >= 15 is 0 Å². The Morgan fingerprint density at radius 1 is 0.800 bits per heavy atom. The third kappa shape index (κ3) is 1.60. The maximum Gasteiger partial charge on any atom is 0.336 e. The van der Waals surface area contributed by atoms with Crippen LogP contribution >= 0.6 is 0 Å². The molecule has 106 valence electrons. The highest BCUT2D eigenvalue weighted by molar-refractivity contribution is 5.98. The second kappa shape index (κ2) is 4.33. The van der Waals surface area contributed by atoms with Crippen molar-refractivity contribution in [3.63, 3.8) is 0 Å². The summed E-state index contributed by atoms with van der Waals surface area (Å²) in [5.74, 6) is -1.41. The molecular formula is C16H18O4. The summed E-state index contributed by atoms with van der Waals surface area (Å²) >= 11 is 0. The number of aromatic carboxylic acids is 2. The van der Waals surface area contributed by atoms with Gasteiger partial charge < -0.3 is 10.2 Å². The van der Waals surface area contributed by atoms with E-state index in [1.165, 1.54) is 0 Å². The summed E-state index contributed by atoms with van der Waals surface area (Å²) in [5, 5.41) is 19.1. The molecule has 0 saturated heterocycles. The number of benzene rings is 1. The SMILES string of the molecule is Cc1c(C)c(C(=O)O)c2c(c1C(=O)O)C1CCC2CC1. The van der Waals surface area contributed by atoms with Gasteiger partial charge in [-0.05, 0) is 73.6 Å². The first-order valence-corrected chi connectivity index (χ1v) is 7.07. The number of carboxylic acids is 2. The van der Waals surface area contributed by atoms with Crippen LogP contribution < -0.4 is 0 Å². The van der Waals surface area contributed by atoms with Crippen LogP contribution in [0.1, 0.15) is 80.5 Å². The van der Waals surface area contributed by atoms with Gasteiger partial charge in [-0.1, -0.05) is 0 Å². The molecule has 2 N–H and O–H groups in total. The van der Waals surface area contributed by atoms with Gasteiger partial charge in [-0.25, -0.2) is 9.59 Å². The van der Waals surface area contributed by atoms with E-state index in [0.717, 1.165) is 36.8 Å². The van der Waals surface area contributed by atoms with E-state index in [9.17, 15) is 19.8 Å². The number of rotatable bonds is 2. The summed E-state index contributed by atoms with van der Waals surface area (Å²) in [6.07, 6.45) is 3.94. The number of carbonyl (C=O) groups is 2. The number of hydrogen-bond donors (Lipinski definition) is 2. The van der Waals surface area contributed by atoms with Crippen molar-refractivity contribution in [2.24, 2.45) is 0 Å². The average molecular weight is 274 g/mol. The Morgan fingerprint density at radius 2 is 1.10 bits per heavy atom. The fraction of sp³-hybridized carbons (Fsp3) is 0.500. The first-order valence-electron chi connectivity index (χ1n) is 7.07. The Morgan fingerprint density at radius 3 is 1.35 bits per heavy atom. The lowest BCUT2D eigenvalue weighted by Gasteiger charge is -2.41. The van der Waals surface area contributed by atoms with Gasteiger partial charge in [0.05, 0.1) is 11.1 Å². The number of hydrogen-bond acceptors (Lipinski definition) is 2. The average Bonchev–Trinajstić information content (AvgIpc) is 2.40. The van der Waals surface area contributed by atoms with Gasteiger partial charge in [-0.15, -0.1) is 0 Å². The van der Waals surface area contributed by atoms with Crippen molar-refractivity contribution in [3.05, 3.63) is 33.4 Å². The van der Waals surface area contributed by atoms with Crippen molar-refractivity contribution in [1.29, 1.82) is 0 Å². The molecule has 3 aliphatic rings. The normalized spacial score (nSPS) is 23.5. The smallest absolute Gasteiger partial charge is 0.336 e. The molecule has 0 radical (unpaired) electrons. The summed E-state index contributed by atoms with van der Waals surface area (Å²) in [6, 6.07) is 0. The molecule has 1 aromatic carbocycles. The van der Waals surface area contributed by atoms with Crippen molar-refractivity contribution in [2.75, 3.05) is 0 Å². The lowest BCUT2D eigenvalue weighted by molar-refractivity contribution is 0.0673. The molecule has 0 amide bonds. The van der Waals surface area contributed by atoms with Crippen LogP contribution in [0.15, 0.2) is 0 Å². The highest BCUT2D eigenvalue weighted by Gasteiger charge is 2.40. The van der Waals surface area contributed by atoms with Crippen LogP contribution in [0.2, 0.25) is 0 Å². The van der Waals surface area contributed by atoms with Gasteiger partial charge in [0.2, 0.25) is 0 Å². The summed E-state index contributed by atoms with van der Waals surface area (Å²) in [6.45, 7) is 3.46. The van der Waals surface area contributed by atoms with Crippen molar-refractivity contribution >= 4 is 11.9 Å². The molecule has 0 atom stereocenters. The summed E-state index contributed by atoms with van der Waals surface area (Å²) in [7, 11) is 0. The Hall–Kier alpha value is -1.84. The molecule has 4 heteroatoms. The topological polar surface area (TPSA) is 74.6 Å². The van der Waals surface area contributed by atoms with Crippen molar-refractivity contribution < 1.29 is 19.8 Å². The van der Waals surface area contributed by atoms with Gasteiger partial charge >= 0.3 is 11.9 Å². The van der Waals surface area contributed by atoms with E-state index in [-0.39, 0.29) is 11.8 Å². The highest BCUT2D eigenvalue weighted by Crippen LogP contribution is 2.53. The van der Waals surface area contributed by atoms with Gasteiger partial charge in [0.1, 0.15) is 0 Å². The first kappa shape index (κ1) is 13.2. The van der Waals surface area contributed by atoms with E-state index in [0.29, 0.717) is 22.3 Å². The van der Waals surface area contributed by atoms with Gasteiger partial charge in [-0.2, -0.15) is 0 Å². The van der Waals surface area contributed by atoms with Crippen LogP contribution in [0.5, 0.6) is 0 Å². The molecule has 3 aliphatic carbocycles. The maximum atomic E-state index is 11.7. The third-order valence-electron chi connectivity index (χ3n) is 5.11. The van der Waals surface area contributed by atoms with Crippen LogP contribution in [-0.2, 0) is 0 Å². The zero-order valence-corrected chi connectivity index (χ0v) is 11.7. The second-order valence-corrected chi connectivity index (χ2v) is 5.99. The molecular weight excluding hydrogens is 256 g/mol. The van der Waals surface area contributed by atoms with Gasteiger partial charge in [-0.3, -0.25) is 0 Å². The molecule has 0 heterocycles. The summed E-state index contributed by atoms with van der Waals surface area (Å²) in [4.78, 5) is 23.3. The van der Waals surface area contributed by atoms with Crippen molar-refractivity contribution in [2.45, 2.75) is 51.4 Å².